The first kappa shape index (κ1) is 16.3. The van der Waals surface area contributed by atoms with Gasteiger partial charge in [0.15, 0.2) is 0 Å². The topological polar surface area (TPSA) is 54.9 Å². The number of thiazole rings is 1. The van der Waals surface area contributed by atoms with E-state index in [4.69, 9.17) is 0 Å². The summed E-state index contributed by atoms with van der Waals surface area (Å²) in [5, 5.41) is 3.88. The van der Waals surface area contributed by atoms with Crippen LogP contribution in [0, 0.1) is 13.8 Å². The predicted octanol–water partition coefficient (Wildman–Crippen LogP) is 3.68. The summed E-state index contributed by atoms with van der Waals surface area (Å²) in [7, 11) is 0. The van der Waals surface area contributed by atoms with Crippen LogP contribution in [0.2, 0.25) is 0 Å². The highest BCUT2D eigenvalue weighted by Gasteiger charge is 2.14. The quantitative estimate of drug-likeness (QED) is 0.773. The number of hydrogen-bond donors (Lipinski definition) is 1. The van der Waals surface area contributed by atoms with E-state index in [1.807, 2.05) is 37.3 Å². The third kappa shape index (κ3) is 3.86. The summed E-state index contributed by atoms with van der Waals surface area (Å²) in [5.74, 6) is -0.0104. The van der Waals surface area contributed by atoms with Crippen molar-refractivity contribution in [3.05, 3.63) is 70.5 Å². The maximum atomic E-state index is 12.2. The third-order valence-corrected chi connectivity index (χ3v) is 4.97. The highest BCUT2D eigenvalue weighted by Crippen LogP contribution is 2.30. The van der Waals surface area contributed by atoms with Crippen LogP contribution in [0.25, 0.3) is 10.6 Å². The van der Waals surface area contributed by atoms with E-state index < -0.39 is 0 Å². The highest BCUT2D eigenvalue weighted by atomic mass is 32.1. The number of rotatable bonds is 5. The number of pyridine rings is 1. The van der Waals surface area contributed by atoms with Crippen LogP contribution in [0.5, 0.6) is 0 Å². The Labute approximate surface area is 145 Å². The van der Waals surface area contributed by atoms with Crippen molar-refractivity contribution >= 4 is 17.2 Å². The van der Waals surface area contributed by atoms with Gasteiger partial charge in [-0.25, -0.2) is 4.98 Å². The average molecular weight is 337 g/mol. The largest absolute Gasteiger partial charge is 0.350 e. The van der Waals surface area contributed by atoms with Crippen molar-refractivity contribution in [2.75, 3.05) is 0 Å². The molecular weight excluding hydrogens is 318 g/mol. The van der Waals surface area contributed by atoms with Crippen LogP contribution in [0.15, 0.2) is 48.7 Å². The molecule has 0 unspecified atom stereocenters. The minimum atomic E-state index is -0.0104. The standard InChI is InChI=1S/C19H19N3OS/c1-13-7-3-4-9-16(13)19-22-14(2)17(24-19)11-18(23)21-12-15-8-5-6-10-20-15/h3-10H,11-12H2,1-2H3,(H,21,23). The summed E-state index contributed by atoms with van der Waals surface area (Å²) < 4.78 is 0. The van der Waals surface area contributed by atoms with Gasteiger partial charge >= 0.3 is 0 Å². The van der Waals surface area contributed by atoms with Crippen LogP contribution in [0.1, 0.15) is 21.8 Å². The lowest BCUT2D eigenvalue weighted by Gasteiger charge is -2.04. The van der Waals surface area contributed by atoms with Crippen molar-refractivity contribution in [2.45, 2.75) is 26.8 Å². The molecule has 0 atom stereocenters. The van der Waals surface area contributed by atoms with Gasteiger partial charge in [-0.15, -0.1) is 11.3 Å². The number of nitrogens with zero attached hydrogens (tertiary/aromatic N) is 2. The molecule has 0 saturated carbocycles. The summed E-state index contributed by atoms with van der Waals surface area (Å²) in [4.78, 5) is 22.0. The second-order valence-electron chi connectivity index (χ2n) is 5.62. The van der Waals surface area contributed by atoms with E-state index in [2.05, 4.69) is 34.3 Å². The Balaban J connectivity index is 1.67. The number of aryl methyl sites for hydroxylation is 2. The van der Waals surface area contributed by atoms with Crippen molar-refractivity contribution in [1.82, 2.24) is 15.3 Å². The first-order chi connectivity index (χ1) is 11.6. The molecule has 0 radical (unpaired) electrons. The highest BCUT2D eigenvalue weighted by molar-refractivity contribution is 7.15. The molecule has 2 heterocycles. The summed E-state index contributed by atoms with van der Waals surface area (Å²) >= 11 is 1.59. The van der Waals surface area contributed by atoms with Crippen molar-refractivity contribution in [3.8, 4) is 10.6 Å². The van der Waals surface area contributed by atoms with E-state index in [9.17, 15) is 4.79 Å². The van der Waals surface area contributed by atoms with Crippen LogP contribution in [0.3, 0.4) is 0 Å². The molecule has 0 spiro atoms. The fourth-order valence-corrected chi connectivity index (χ4v) is 3.57. The Morgan fingerprint density at radius 1 is 1.12 bits per heavy atom. The van der Waals surface area contributed by atoms with Gasteiger partial charge in [0.2, 0.25) is 5.91 Å². The Hall–Kier alpha value is -2.53. The molecule has 0 aliphatic heterocycles. The van der Waals surface area contributed by atoms with Gasteiger partial charge in [-0.05, 0) is 31.5 Å². The first-order valence-electron chi connectivity index (χ1n) is 7.82. The molecule has 3 aromatic rings. The molecule has 0 bridgehead atoms. The van der Waals surface area contributed by atoms with Crippen LogP contribution >= 0.6 is 11.3 Å². The molecule has 4 nitrogen and oxygen atoms in total. The summed E-state index contributed by atoms with van der Waals surface area (Å²) in [6.07, 6.45) is 2.07. The second-order valence-corrected chi connectivity index (χ2v) is 6.70. The van der Waals surface area contributed by atoms with Gasteiger partial charge in [0.1, 0.15) is 5.01 Å². The zero-order chi connectivity index (χ0) is 16.9. The monoisotopic (exact) mass is 337 g/mol. The van der Waals surface area contributed by atoms with E-state index in [1.54, 1.807) is 17.5 Å². The molecule has 5 heteroatoms. The Kier molecular flexibility index (Phi) is 5.01. The lowest BCUT2D eigenvalue weighted by molar-refractivity contribution is -0.120. The van der Waals surface area contributed by atoms with Crippen molar-refractivity contribution < 1.29 is 4.79 Å². The molecule has 1 N–H and O–H groups in total. The molecule has 0 saturated heterocycles. The van der Waals surface area contributed by atoms with Gasteiger partial charge in [-0.3, -0.25) is 9.78 Å². The van der Waals surface area contributed by atoms with Crippen LogP contribution in [-0.4, -0.2) is 15.9 Å². The van der Waals surface area contributed by atoms with E-state index in [0.29, 0.717) is 13.0 Å². The lowest BCUT2D eigenvalue weighted by Crippen LogP contribution is -2.24. The van der Waals surface area contributed by atoms with Gasteiger partial charge in [0, 0.05) is 16.6 Å². The molecule has 2 aromatic heterocycles. The van der Waals surface area contributed by atoms with Crippen molar-refractivity contribution in [2.24, 2.45) is 0 Å². The Morgan fingerprint density at radius 2 is 1.92 bits per heavy atom. The molecule has 0 fully saturated rings. The van der Waals surface area contributed by atoms with Crippen molar-refractivity contribution in [1.29, 1.82) is 0 Å². The summed E-state index contributed by atoms with van der Waals surface area (Å²) in [5.41, 5.74) is 4.10. The van der Waals surface area contributed by atoms with Gasteiger partial charge in [0.05, 0.1) is 24.4 Å². The molecule has 122 valence electrons. The number of benzene rings is 1. The number of nitrogens with one attached hydrogen (secondary N) is 1. The van der Waals surface area contributed by atoms with E-state index >= 15 is 0 Å². The van der Waals surface area contributed by atoms with E-state index in [-0.39, 0.29) is 5.91 Å². The van der Waals surface area contributed by atoms with Crippen LogP contribution < -0.4 is 5.32 Å². The predicted molar refractivity (Wildman–Crippen MR) is 96.8 cm³/mol. The average Bonchev–Trinajstić information content (AvgIpc) is 2.95. The summed E-state index contributed by atoms with van der Waals surface area (Å²) in [6, 6.07) is 13.8. The van der Waals surface area contributed by atoms with Crippen LogP contribution in [-0.2, 0) is 17.8 Å². The Morgan fingerprint density at radius 3 is 2.67 bits per heavy atom. The van der Waals surface area contributed by atoms with E-state index in [1.165, 1.54) is 5.56 Å². The number of amides is 1. The molecule has 1 aromatic carbocycles. The van der Waals surface area contributed by atoms with Gasteiger partial charge < -0.3 is 5.32 Å². The number of aromatic nitrogens is 2. The number of carbonyl (C=O) groups is 1. The maximum Gasteiger partial charge on any atom is 0.225 e. The number of hydrogen-bond acceptors (Lipinski definition) is 4. The number of carbonyl (C=O) groups excluding carboxylic acids is 1. The zero-order valence-electron chi connectivity index (χ0n) is 13.7. The summed E-state index contributed by atoms with van der Waals surface area (Å²) in [6.45, 7) is 4.48. The molecule has 24 heavy (non-hydrogen) atoms. The molecule has 0 aliphatic rings. The molecular formula is C19H19N3OS. The smallest absolute Gasteiger partial charge is 0.225 e. The maximum absolute atomic E-state index is 12.2. The van der Waals surface area contributed by atoms with Crippen LogP contribution in [0.4, 0.5) is 0 Å². The minimum Gasteiger partial charge on any atom is -0.350 e. The van der Waals surface area contributed by atoms with Gasteiger partial charge in [0.25, 0.3) is 0 Å². The van der Waals surface area contributed by atoms with Gasteiger partial charge in [-0.2, -0.15) is 0 Å². The van der Waals surface area contributed by atoms with Gasteiger partial charge in [-0.1, -0.05) is 30.3 Å². The molecule has 3 rings (SSSR count). The molecule has 0 aliphatic carbocycles. The van der Waals surface area contributed by atoms with Crippen molar-refractivity contribution in [3.63, 3.8) is 0 Å². The fourth-order valence-electron chi connectivity index (χ4n) is 2.42. The second kappa shape index (κ2) is 7.36. The minimum absolute atomic E-state index is 0.0104. The fraction of sp³-hybridized carbons (Fsp3) is 0.211. The lowest BCUT2D eigenvalue weighted by atomic mass is 10.1. The zero-order valence-corrected chi connectivity index (χ0v) is 14.6. The van der Waals surface area contributed by atoms with E-state index in [0.717, 1.165) is 26.8 Å². The first-order valence-corrected chi connectivity index (χ1v) is 8.64. The normalized spacial score (nSPS) is 10.6. The third-order valence-electron chi connectivity index (χ3n) is 3.78. The molecule has 1 amide bonds. The Bertz CT molecular complexity index is 843. The SMILES string of the molecule is Cc1ccccc1-c1nc(C)c(CC(=O)NCc2ccccn2)s1.